The number of aliphatic hydroxyl groups is 1. The topological polar surface area (TPSA) is 78.8 Å². The lowest BCUT2D eigenvalue weighted by Crippen LogP contribution is -2.47. The molecule has 6 heteroatoms. The minimum Gasteiger partial charge on any atom is -0.508 e. The molecule has 3 N–H and O–H groups in total. The molecule has 0 aliphatic carbocycles. The lowest BCUT2D eigenvalue weighted by Gasteiger charge is -2.26. The van der Waals surface area contributed by atoms with Crippen LogP contribution in [-0.4, -0.2) is 41.0 Å². The molecule has 0 bridgehead atoms. The Morgan fingerprint density at radius 2 is 2.37 bits per heavy atom. The molecule has 5 nitrogen and oxygen atoms in total. The van der Waals surface area contributed by atoms with Crippen LogP contribution in [0.3, 0.4) is 0 Å². The first-order valence-corrected chi connectivity index (χ1v) is 6.03. The van der Waals surface area contributed by atoms with Crippen molar-refractivity contribution in [3.8, 4) is 5.75 Å². The normalized spacial score (nSPS) is 26.4. The fourth-order valence-corrected chi connectivity index (χ4v) is 2.02. The highest BCUT2D eigenvalue weighted by atomic mass is 19.1. The van der Waals surface area contributed by atoms with Gasteiger partial charge in [-0.2, -0.15) is 0 Å². The van der Waals surface area contributed by atoms with Crippen molar-refractivity contribution in [3.63, 3.8) is 0 Å². The minimum absolute atomic E-state index is 0.00663. The number of hydrogen-bond acceptors (Lipinski definition) is 4. The maximum absolute atomic E-state index is 13.5. The van der Waals surface area contributed by atoms with E-state index in [0.29, 0.717) is 13.0 Å². The number of halogens is 1. The smallest absolute Gasteiger partial charge is 0.254 e. The van der Waals surface area contributed by atoms with Crippen molar-refractivity contribution in [2.45, 2.75) is 25.0 Å². The third kappa shape index (κ3) is 2.85. The lowest BCUT2D eigenvalue weighted by atomic mass is 9.96. The molecule has 2 unspecified atom stereocenters. The second kappa shape index (κ2) is 5.14. The molecular formula is C13H16FNO4. The Morgan fingerprint density at radius 1 is 1.63 bits per heavy atom. The Kier molecular flexibility index (Phi) is 3.73. The van der Waals surface area contributed by atoms with Crippen LogP contribution in [0.5, 0.6) is 5.75 Å². The van der Waals surface area contributed by atoms with E-state index in [1.165, 1.54) is 12.1 Å². The van der Waals surface area contributed by atoms with Gasteiger partial charge in [0.2, 0.25) is 0 Å². The zero-order valence-electron chi connectivity index (χ0n) is 10.5. The van der Waals surface area contributed by atoms with E-state index in [9.17, 15) is 14.3 Å². The maximum atomic E-state index is 13.5. The van der Waals surface area contributed by atoms with Crippen LogP contribution in [0.15, 0.2) is 18.2 Å². The van der Waals surface area contributed by atoms with E-state index in [1.807, 2.05) is 0 Å². The van der Waals surface area contributed by atoms with E-state index in [0.717, 1.165) is 6.07 Å². The number of amides is 1. The summed E-state index contributed by atoms with van der Waals surface area (Å²) in [6.45, 7) is 2.15. The monoisotopic (exact) mass is 269 g/mol. The number of aromatic hydroxyl groups is 1. The fourth-order valence-electron chi connectivity index (χ4n) is 2.02. The van der Waals surface area contributed by atoms with Crippen molar-refractivity contribution >= 4 is 5.91 Å². The first-order valence-electron chi connectivity index (χ1n) is 6.03. The molecule has 0 radical (unpaired) electrons. The number of carbonyl (C=O) groups is 1. The summed E-state index contributed by atoms with van der Waals surface area (Å²) < 4.78 is 18.7. The van der Waals surface area contributed by atoms with Crippen molar-refractivity contribution in [2.75, 3.05) is 13.2 Å². The number of benzene rings is 1. The first kappa shape index (κ1) is 13.8. The first-order chi connectivity index (χ1) is 8.92. The molecule has 2 atom stereocenters. The van der Waals surface area contributed by atoms with Gasteiger partial charge in [0.05, 0.1) is 11.7 Å². The number of nitrogens with one attached hydrogen (secondary N) is 1. The van der Waals surface area contributed by atoms with Crippen LogP contribution in [0.2, 0.25) is 0 Å². The number of ether oxygens (including phenoxy) is 1. The van der Waals surface area contributed by atoms with Crippen LogP contribution in [0.4, 0.5) is 4.39 Å². The molecule has 1 fully saturated rings. The third-order valence-electron chi connectivity index (χ3n) is 3.41. The van der Waals surface area contributed by atoms with Crippen molar-refractivity contribution in [3.05, 3.63) is 29.6 Å². The van der Waals surface area contributed by atoms with E-state index in [-0.39, 0.29) is 24.0 Å². The van der Waals surface area contributed by atoms with Gasteiger partial charge in [0, 0.05) is 25.6 Å². The second-order valence-corrected chi connectivity index (χ2v) is 4.71. The largest absolute Gasteiger partial charge is 0.508 e. The second-order valence-electron chi connectivity index (χ2n) is 4.71. The Balaban J connectivity index is 2.02. The summed E-state index contributed by atoms with van der Waals surface area (Å²) in [5.74, 6) is -1.68. The highest BCUT2D eigenvalue weighted by Gasteiger charge is 2.39. The average Bonchev–Trinajstić information content (AvgIpc) is 2.67. The number of carbonyl (C=O) groups excluding carboxylic acids is 1. The van der Waals surface area contributed by atoms with Gasteiger partial charge in [-0.25, -0.2) is 4.39 Å². The molecule has 1 amide bonds. The molecule has 1 aliphatic rings. The van der Waals surface area contributed by atoms with Crippen molar-refractivity contribution in [1.82, 2.24) is 5.32 Å². The van der Waals surface area contributed by atoms with Gasteiger partial charge in [0.1, 0.15) is 17.2 Å². The SMILES string of the molecule is CC1OCCC1(O)CNC(=O)c1ccc(O)cc1F. The van der Waals surface area contributed by atoms with Gasteiger partial charge in [0.15, 0.2) is 0 Å². The zero-order chi connectivity index (χ0) is 14.0. The van der Waals surface area contributed by atoms with Gasteiger partial charge >= 0.3 is 0 Å². The molecule has 1 aliphatic heterocycles. The summed E-state index contributed by atoms with van der Waals surface area (Å²) in [4.78, 5) is 11.8. The van der Waals surface area contributed by atoms with E-state index < -0.39 is 17.3 Å². The molecule has 19 heavy (non-hydrogen) atoms. The lowest BCUT2D eigenvalue weighted by molar-refractivity contribution is -0.0251. The van der Waals surface area contributed by atoms with Crippen LogP contribution in [0.25, 0.3) is 0 Å². The number of phenolic OH excluding ortho intramolecular Hbond substituents is 1. The van der Waals surface area contributed by atoms with Crippen LogP contribution < -0.4 is 5.32 Å². The Bertz CT molecular complexity index is 494. The average molecular weight is 269 g/mol. The number of phenols is 1. The molecular weight excluding hydrogens is 253 g/mol. The van der Waals surface area contributed by atoms with Crippen LogP contribution in [-0.2, 0) is 4.74 Å². The van der Waals surface area contributed by atoms with Gasteiger partial charge in [-0.05, 0) is 19.1 Å². The number of rotatable bonds is 3. The van der Waals surface area contributed by atoms with Gasteiger partial charge in [-0.3, -0.25) is 4.79 Å². The zero-order valence-corrected chi connectivity index (χ0v) is 10.5. The summed E-state index contributed by atoms with van der Waals surface area (Å²) in [6, 6.07) is 3.29. The molecule has 0 aromatic heterocycles. The molecule has 1 aromatic carbocycles. The van der Waals surface area contributed by atoms with Crippen LogP contribution in [0.1, 0.15) is 23.7 Å². The predicted octanol–water partition coefficient (Wildman–Crippen LogP) is 0.801. The Labute approximate surface area is 110 Å². The standard InChI is InChI=1S/C13H16FNO4/c1-8-13(18,4-5-19-8)7-15-12(17)10-3-2-9(16)6-11(10)14/h2-3,6,8,16,18H,4-5,7H2,1H3,(H,15,17). The molecule has 2 rings (SSSR count). The summed E-state index contributed by atoms with van der Waals surface area (Å²) in [5.41, 5.74) is -1.30. The molecule has 1 saturated heterocycles. The van der Waals surface area contributed by atoms with Crippen molar-refractivity contribution < 1.29 is 24.1 Å². The van der Waals surface area contributed by atoms with Crippen molar-refractivity contribution in [1.29, 1.82) is 0 Å². The summed E-state index contributed by atoms with van der Waals surface area (Å²) in [7, 11) is 0. The molecule has 1 heterocycles. The quantitative estimate of drug-likeness (QED) is 0.758. The third-order valence-corrected chi connectivity index (χ3v) is 3.41. The highest BCUT2D eigenvalue weighted by molar-refractivity contribution is 5.94. The summed E-state index contributed by atoms with van der Waals surface area (Å²) in [5, 5.41) is 21.7. The van der Waals surface area contributed by atoms with E-state index >= 15 is 0 Å². The van der Waals surface area contributed by atoms with Crippen LogP contribution >= 0.6 is 0 Å². The fraction of sp³-hybridized carbons (Fsp3) is 0.462. The van der Waals surface area contributed by atoms with E-state index in [2.05, 4.69) is 5.32 Å². The van der Waals surface area contributed by atoms with Gasteiger partial charge in [-0.15, -0.1) is 0 Å². The van der Waals surface area contributed by atoms with Gasteiger partial charge in [-0.1, -0.05) is 0 Å². The highest BCUT2D eigenvalue weighted by Crippen LogP contribution is 2.25. The van der Waals surface area contributed by atoms with Gasteiger partial charge in [0.25, 0.3) is 5.91 Å². The molecule has 1 aromatic rings. The summed E-state index contributed by atoms with van der Waals surface area (Å²) in [6.07, 6.45) is 0.0458. The summed E-state index contributed by atoms with van der Waals surface area (Å²) >= 11 is 0. The van der Waals surface area contributed by atoms with E-state index in [1.54, 1.807) is 6.92 Å². The number of hydrogen-bond donors (Lipinski definition) is 3. The Hall–Kier alpha value is -1.66. The maximum Gasteiger partial charge on any atom is 0.254 e. The molecule has 104 valence electrons. The Morgan fingerprint density at radius 3 is 2.95 bits per heavy atom. The minimum atomic E-state index is -1.12. The van der Waals surface area contributed by atoms with Gasteiger partial charge < -0.3 is 20.3 Å². The predicted molar refractivity (Wildman–Crippen MR) is 65.4 cm³/mol. The molecule has 0 saturated carbocycles. The van der Waals surface area contributed by atoms with Crippen LogP contribution in [0, 0.1) is 5.82 Å². The van der Waals surface area contributed by atoms with E-state index in [4.69, 9.17) is 9.84 Å². The molecule has 0 spiro atoms. The van der Waals surface area contributed by atoms with Crippen molar-refractivity contribution in [2.24, 2.45) is 0 Å².